The Morgan fingerprint density at radius 2 is 1.77 bits per heavy atom. The summed E-state index contributed by atoms with van der Waals surface area (Å²) < 4.78 is 5.83. The Bertz CT molecular complexity index is 1070. The molecule has 0 saturated carbocycles. The summed E-state index contributed by atoms with van der Waals surface area (Å²) in [4.78, 5) is 22.1. The molecule has 1 atom stereocenters. The van der Waals surface area contributed by atoms with Crippen molar-refractivity contribution in [1.29, 1.82) is 0 Å². The van der Waals surface area contributed by atoms with Gasteiger partial charge >= 0.3 is 0 Å². The van der Waals surface area contributed by atoms with E-state index in [1.54, 1.807) is 7.11 Å². The van der Waals surface area contributed by atoms with E-state index in [4.69, 9.17) is 4.74 Å². The molecule has 0 bridgehead atoms. The van der Waals surface area contributed by atoms with Crippen molar-refractivity contribution in [3.63, 3.8) is 0 Å². The fourth-order valence-electron chi connectivity index (χ4n) is 5.00. The molecule has 1 aromatic heterocycles. The van der Waals surface area contributed by atoms with Gasteiger partial charge in [-0.3, -0.25) is 4.79 Å². The average molecular weight is 402 g/mol. The summed E-state index contributed by atoms with van der Waals surface area (Å²) in [6.07, 6.45) is 2.01. The van der Waals surface area contributed by atoms with Gasteiger partial charge in [0.25, 0.3) is 5.91 Å². The lowest BCUT2D eigenvalue weighted by atomic mass is 9.73. The Balaban J connectivity index is 1.33. The van der Waals surface area contributed by atoms with Crippen molar-refractivity contribution in [2.45, 2.75) is 31.4 Å². The molecule has 30 heavy (non-hydrogen) atoms. The zero-order valence-electron chi connectivity index (χ0n) is 17.5. The minimum Gasteiger partial charge on any atom is -0.377 e. The molecule has 1 unspecified atom stereocenters. The molecule has 3 aromatic rings. The number of ether oxygens (including phenoxy) is 1. The van der Waals surface area contributed by atoms with Gasteiger partial charge in [-0.1, -0.05) is 42.0 Å². The van der Waals surface area contributed by atoms with Crippen LogP contribution in [0.2, 0.25) is 0 Å². The molecule has 1 amide bonds. The molecule has 0 N–H and O–H groups in total. The third-order valence-electron chi connectivity index (χ3n) is 6.85. The second-order valence-corrected chi connectivity index (χ2v) is 8.46. The average Bonchev–Trinajstić information content (AvgIpc) is 2.79. The van der Waals surface area contributed by atoms with E-state index in [-0.39, 0.29) is 17.6 Å². The number of para-hydroxylation sites is 1. The standard InChI is InChI=1S/C25H27N3O2/c1-18-7-10-20(11-8-18)28-17-23(30-2)25(28)13-15-27(16-14-25)24(29)22-12-9-19-5-3-4-6-21(19)26-22/h3-12,23H,13-17H2,1-2H3. The normalized spacial score (nSPS) is 20.4. The highest BCUT2D eigenvalue weighted by molar-refractivity contribution is 5.95. The zero-order valence-corrected chi connectivity index (χ0v) is 17.5. The van der Waals surface area contributed by atoms with Gasteiger partial charge in [0.2, 0.25) is 0 Å². The van der Waals surface area contributed by atoms with E-state index in [1.165, 1.54) is 11.3 Å². The van der Waals surface area contributed by atoms with E-state index in [2.05, 4.69) is 41.1 Å². The number of hydrogen-bond donors (Lipinski definition) is 0. The summed E-state index contributed by atoms with van der Waals surface area (Å²) in [5.41, 5.74) is 3.86. The number of anilines is 1. The van der Waals surface area contributed by atoms with Crippen LogP contribution >= 0.6 is 0 Å². The van der Waals surface area contributed by atoms with Gasteiger partial charge in [-0.25, -0.2) is 4.98 Å². The number of pyridine rings is 1. The second-order valence-electron chi connectivity index (χ2n) is 8.46. The topological polar surface area (TPSA) is 45.7 Å². The van der Waals surface area contributed by atoms with Gasteiger partial charge in [0.15, 0.2) is 0 Å². The third kappa shape index (κ3) is 3.05. The van der Waals surface area contributed by atoms with Gasteiger partial charge in [-0.15, -0.1) is 0 Å². The summed E-state index contributed by atoms with van der Waals surface area (Å²) in [7, 11) is 1.80. The van der Waals surface area contributed by atoms with Crippen LogP contribution in [0, 0.1) is 6.92 Å². The highest BCUT2D eigenvalue weighted by atomic mass is 16.5. The smallest absolute Gasteiger partial charge is 0.272 e. The number of rotatable bonds is 3. The molecule has 3 heterocycles. The third-order valence-corrected chi connectivity index (χ3v) is 6.85. The van der Waals surface area contributed by atoms with Crippen LogP contribution in [0.15, 0.2) is 60.7 Å². The maximum absolute atomic E-state index is 13.1. The number of likely N-dealkylation sites (tertiary alicyclic amines) is 1. The number of hydrogen-bond acceptors (Lipinski definition) is 4. The second kappa shape index (κ2) is 7.40. The largest absolute Gasteiger partial charge is 0.377 e. The van der Waals surface area contributed by atoms with Gasteiger partial charge in [0.05, 0.1) is 17.2 Å². The van der Waals surface area contributed by atoms with E-state index in [0.29, 0.717) is 5.69 Å². The fourth-order valence-corrected chi connectivity index (χ4v) is 5.00. The van der Waals surface area contributed by atoms with Gasteiger partial charge in [0, 0.05) is 37.8 Å². The fraction of sp³-hybridized carbons (Fsp3) is 0.360. The molecule has 5 nitrogen and oxygen atoms in total. The lowest BCUT2D eigenvalue weighted by Crippen LogP contribution is -2.74. The van der Waals surface area contributed by atoms with Crippen molar-refractivity contribution >= 4 is 22.5 Å². The number of piperidine rings is 1. The molecular formula is C25H27N3O2. The van der Waals surface area contributed by atoms with Crippen LogP contribution in [0.25, 0.3) is 10.9 Å². The Kier molecular flexibility index (Phi) is 4.70. The number of benzene rings is 2. The number of carbonyl (C=O) groups excluding carboxylic acids is 1. The number of nitrogens with zero attached hydrogens (tertiary/aromatic N) is 3. The number of amides is 1. The first-order valence-electron chi connectivity index (χ1n) is 10.6. The van der Waals surface area contributed by atoms with Crippen molar-refractivity contribution in [2.24, 2.45) is 0 Å². The van der Waals surface area contributed by atoms with E-state index in [0.717, 1.165) is 43.4 Å². The molecular weight excluding hydrogens is 374 g/mol. The summed E-state index contributed by atoms with van der Waals surface area (Å²) in [6, 6.07) is 20.4. The van der Waals surface area contributed by atoms with Crippen LogP contribution in [0.3, 0.4) is 0 Å². The lowest BCUT2D eigenvalue weighted by Gasteiger charge is -2.61. The minimum atomic E-state index is -0.0302. The Hall–Kier alpha value is -2.92. The Morgan fingerprint density at radius 3 is 2.50 bits per heavy atom. The van der Waals surface area contributed by atoms with Crippen LogP contribution in [0.5, 0.6) is 0 Å². The molecule has 2 aromatic carbocycles. The first-order chi connectivity index (χ1) is 14.6. The number of carbonyl (C=O) groups is 1. The summed E-state index contributed by atoms with van der Waals surface area (Å²) in [5.74, 6) is 0.0192. The molecule has 154 valence electrons. The summed E-state index contributed by atoms with van der Waals surface area (Å²) in [6.45, 7) is 4.45. The molecule has 5 rings (SSSR count). The van der Waals surface area contributed by atoms with Gasteiger partial charge < -0.3 is 14.5 Å². The maximum atomic E-state index is 13.1. The van der Waals surface area contributed by atoms with Crippen LogP contribution in [-0.2, 0) is 4.74 Å². The van der Waals surface area contributed by atoms with Gasteiger partial charge in [0.1, 0.15) is 5.69 Å². The summed E-state index contributed by atoms with van der Waals surface area (Å²) >= 11 is 0. The maximum Gasteiger partial charge on any atom is 0.272 e. The van der Waals surface area contributed by atoms with Crippen molar-refractivity contribution in [3.05, 3.63) is 71.9 Å². The molecule has 2 fully saturated rings. The van der Waals surface area contributed by atoms with E-state index >= 15 is 0 Å². The highest BCUT2D eigenvalue weighted by Gasteiger charge is 2.55. The number of methoxy groups -OCH3 is 1. The van der Waals surface area contributed by atoms with Crippen molar-refractivity contribution < 1.29 is 9.53 Å². The van der Waals surface area contributed by atoms with Gasteiger partial charge in [-0.05, 0) is 44.0 Å². The molecule has 2 aliphatic rings. The van der Waals surface area contributed by atoms with E-state index in [9.17, 15) is 4.79 Å². The Labute approximate surface area is 177 Å². The SMILES string of the molecule is COC1CN(c2ccc(C)cc2)C12CCN(C(=O)c1ccc3ccccc3n1)CC2. The first-order valence-corrected chi connectivity index (χ1v) is 10.6. The lowest BCUT2D eigenvalue weighted by molar-refractivity contribution is -0.0433. The van der Waals surface area contributed by atoms with Gasteiger partial charge in [-0.2, -0.15) is 0 Å². The predicted octanol–water partition coefficient (Wildman–Crippen LogP) is 4.05. The monoisotopic (exact) mass is 401 g/mol. The number of fused-ring (bicyclic) bond motifs is 1. The minimum absolute atomic E-state index is 0.0192. The van der Waals surface area contributed by atoms with Crippen LogP contribution in [-0.4, -0.2) is 54.2 Å². The molecule has 1 spiro atoms. The summed E-state index contributed by atoms with van der Waals surface area (Å²) in [5, 5.41) is 1.05. The molecule has 2 saturated heterocycles. The number of aryl methyl sites for hydroxylation is 1. The van der Waals surface area contributed by atoms with Crippen molar-refractivity contribution in [1.82, 2.24) is 9.88 Å². The van der Waals surface area contributed by atoms with Crippen LogP contribution in [0.1, 0.15) is 28.9 Å². The van der Waals surface area contributed by atoms with E-state index in [1.807, 2.05) is 41.3 Å². The quantitative estimate of drug-likeness (QED) is 0.664. The first kappa shape index (κ1) is 19.1. The molecule has 5 heteroatoms. The van der Waals surface area contributed by atoms with Crippen molar-refractivity contribution in [2.75, 3.05) is 31.6 Å². The molecule has 0 aliphatic carbocycles. The zero-order chi connectivity index (χ0) is 20.7. The predicted molar refractivity (Wildman–Crippen MR) is 119 cm³/mol. The Morgan fingerprint density at radius 1 is 1.03 bits per heavy atom. The molecule has 2 aliphatic heterocycles. The van der Waals surface area contributed by atoms with Crippen LogP contribution in [0.4, 0.5) is 5.69 Å². The molecule has 0 radical (unpaired) electrons. The van der Waals surface area contributed by atoms with Crippen molar-refractivity contribution in [3.8, 4) is 0 Å². The highest BCUT2D eigenvalue weighted by Crippen LogP contribution is 2.44. The van der Waals surface area contributed by atoms with Crippen LogP contribution < -0.4 is 4.90 Å². The number of aromatic nitrogens is 1. The van der Waals surface area contributed by atoms with E-state index < -0.39 is 0 Å².